The van der Waals surface area contributed by atoms with Gasteiger partial charge in [0, 0.05) is 0 Å². The molecule has 0 amide bonds. The molecule has 0 atom stereocenters. The Bertz CT molecular complexity index is 467. The van der Waals surface area contributed by atoms with E-state index in [9.17, 15) is 9.90 Å². The standard InChI is InChI=1S/C12H11NO2/c1-8-3-4-9(2)10(5-8)6-11(7-13)12(14)15/h3-6H,1-2H3,(H,14,15)/p-1/b11-6+. The van der Waals surface area contributed by atoms with Gasteiger partial charge in [-0.15, -0.1) is 0 Å². The minimum Gasteiger partial charge on any atom is -0.544 e. The van der Waals surface area contributed by atoms with Gasteiger partial charge in [0.15, 0.2) is 0 Å². The van der Waals surface area contributed by atoms with Crippen molar-refractivity contribution in [2.24, 2.45) is 0 Å². The zero-order chi connectivity index (χ0) is 11.4. The number of hydrogen-bond acceptors (Lipinski definition) is 3. The molecule has 0 aliphatic heterocycles. The summed E-state index contributed by atoms with van der Waals surface area (Å²) in [5.41, 5.74) is 2.32. The summed E-state index contributed by atoms with van der Waals surface area (Å²) >= 11 is 0. The average Bonchev–Trinajstić information content (AvgIpc) is 2.18. The fraction of sp³-hybridized carbons (Fsp3) is 0.167. The molecule has 0 aliphatic carbocycles. The summed E-state index contributed by atoms with van der Waals surface area (Å²) < 4.78 is 0. The second-order valence-electron chi connectivity index (χ2n) is 3.32. The first-order valence-electron chi connectivity index (χ1n) is 4.45. The Hall–Kier alpha value is -2.08. The van der Waals surface area contributed by atoms with Crippen LogP contribution in [0.4, 0.5) is 0 Å². The summed E-state index contributed by atoms with van der Waals surface area (Å²) in [6, 6.07) is 7.23. The summed E-state index contributed by atoms with van der Waals surface area (Å²) in [4.78, 5) is 10.5. The fourth-order valence-electron chi connectivity index (χ4n) is 1.21. The number of carbonyl (C=O) groups excluding carboxylic acids is 1. The van der Waals surface area contributed by atoms with Crippen LogP contribution in [0.2, 0.25) is 0 Å². The van der Waals surface area contributed by atoms with Crippen LogP contribution in [0.5, 0.6) is 0 Å². The third kappa shape index (κ3) is 2.68. The van der Waals surface area contributed by atoms with Crippen LogP contribution in [-0.4, -0.2) is 5.97 Å². The Morgan fingerprint density at radius 1 is 1.47 bits per heavy atom. The normalized spacial score (nSPS) is 10.9. The van der Waals surface area contributed by atoms with Gasteiger partial charge in [-0.1, -0.05) is 23.8 Å². The molecule has 0 aromatic heterocycles. The number of nitrogens with zero attached hydrogens (tertiary/aromatic N) is 1. The quantitative estimate of drug-likeness (QED) is 0.527. The number of hydrogen-bond donors (Lipinski definition) is 0. The number of benzene rings is 1. The van der Waals surface area contributed by atoms with Crippen LogP contribution in [0.3, 0.4) is 0 Å². The highest BCUT2D eigenvalue weighted by Gasteiger charge is 2.00. The predicted octanol–water partition coefficient (Wildman–Crippen LogP) is 0.960. The summed E-state index contributed by atoms with van der Waals surface area (Å²) in [6.07, 6.45) is 1.33. The van der Waals surface area contributed by atoms with Crippen LogP contribution in [0.25, 0.3) is 6.08 Å². The van der Waals surface area contributed by atoms with E-state index in [1.54, 1.807) is 6.07 Å². The Labute approximate surface area is 88.3 Å². The van der Waals surface area contributed by atoms with Crippen molar-refractivity contribution in [3.63, 3.8) is 0 Å². The molecule has 0 radical (unpaired) electrons. The van der Waals surface area contributed by atoms with Crippen LogP contribution in [0, 0.1) is 25.2 Å². The maximum absolute atomic E-state index is 10.5. The number of aryl methyl sites for hydroxylation is 2. The Balaban J connectivity index is 3.23. The highest BCUT2D eigenvalue weighted by atomic mass is 16.4. The van der Waals surface area contributed by atoms with Crippen LogP contribution in [0.1, 0.15) is 16.7 Å². The Morgan fingerprint density at radius 3 is 2.67 bits per heavy atom. The molecule has 1 rings (SSSR count). The smallest absolute Gasteiger partial charge is 0.101 e. The summed E-state index contributed by atoms with van der Waals surface area (Å²) in [7, 11) is 0. The number of carbonyl (C=O) groups is 1. The molecule has 1 aromatic carbocycles. The molecule has 15 heavy (non-hydrogen) atoms. The second-order valence-corrected chi connectivity index (χ2v) is 3.32. The van der Waals surface area contributed by atoms with Crippen molar-refractivity contribution in [1.29, 1.82) is 5.26 Å². The number of nitriles is 1. The maximum atomic E-state index is 10.5. The molecule has 3 heteroatoms. The average molecular weight is 200 g/mol. The molecule has 0 N–H and O–H groups in total. The van der Waals surface area contributed by atoms with E-state index in [4.69, 9.17) is 5.26 Å². The first-order valence-corrected chi connectivity index (χ1v) is 4.45. The topological polar surface area (TPSA) is 63.9 Å². The molecule has 0 heterocycles. The first kappa shape index (κ1) is 11.0. The largest absolute Gasteiger partial charge is 0.544 e. The van der Waals surface area contributed by atoms with Crippen molar-refractivity contribution in [2.75, 3.05) is 0 Å². The molecule has 0 bridgehead atoms. The Kier molecular flexibility index (Phi) is 3.25. The molecule has 0 aliphatic rings. The summed E-state index contributed by atoms with van der Waals surface area (Å²) in [6.45, 7) is 3.76. The molecule has 1 aromatic rings. The van der Waals surface area contributed by atoms with E-state index in [1.165, 1.54) is 6.08 Å². The molecular formula is C12H10NO2-. The van der Waals surface area contributed by atoms with Crippen molar-refractivity contribution in [2.45, 2.75) is 13.8 Å². The molecule has 0 spiro atoms. The molecule has 3 nitrogen and oxygen atoms in total. The number of rotatable bonds is 2. The van der Waals surface area contributed by atoms with Crippen molar-refractivity contribution >= 4 is 12.0 Å². The van der Waals surface area contributed by atoms with E-state index < -0.39 is 5.97 Å². The highest BCUT2D eigenvalue weighted by molar-refractivity contribution is 5.95. The fourth-order valence-corrected chi connectivity index (χ4v) is 1.21. The van der Waals surface area contributed by atoms with Gasteiger partial charge in [0.05, 0.1) is 11.5 Å². The lowest BCUT2D eigenvalue weighted by Gasteiger charge is -2.04. The summed E-state index contributed by atoms with van der Waals surface area (Å²) in [5.74, 6) is -1.45. The number of carboxylic acid groups (broad SMARTS) is 1. The van der Waals surface area contributed by atoms with Crippen molar-refractivity contribution in [3.8, 4) is 6.07 Å². The van der Waals surface area contributed by atoms with Crippen LogP contribution >= 0.6 is 0 Å². The van der Waals surface area contributed by atoms with Gasteiger partial charge in [-0.05, 0) is 31.1 Å². The maximum Gasteiger partial charge on any atom is 0.101 e. The lowest BCUT2D eigenvalue weighted by atomic mass is 10.0. The van der Waals surface area contributed by atoms with Gasteiger partial charge in [0.1, 0.15) is 6.07 Å². The van der Waals surface area contributed by atoms with Gasteiger partial charge in [-0.2, -0.15) is 5.26 Å². The van der Waals surface area contributed by atoms with Gasteiger partial charge < -0.3 is 9.90 Å². The van der Waals surface area contributed by atoms with E-state index in [2.05, 4.69) is 0 Å². The van der Waals surface area contributed by atoms with E-state index >= 15 is 0 Å². The van der Waals surface area contributed by atoms with Gasteiger partial charge in [-0.3, -0.25) is 0 Å². The molecule has 0 saturated carbocycles. The lowest BCUT2D eigenvalue weighted by molar-refractivity contribution is -0.298. The third-order valence-corrected chi connectivity index (χ3v) is 2.07. The van der Waals surface area contributed by atoms with Crippen molar-refractivity contribution in [1.82, 2.24) is 0 Å². The monoisotopic (exact) mass is 200 g/mol. The van der Waals surface area contributed by atoms with E-state index in [-0.39, 0.29) is 5.57 Å². The minimum absolute atomic E-state index is 0.358. The van der Waals surface area contributed by atoms with Crippen LogP contribution in [-0.2, 0) is 4.79 Å². The van der Waals surface area contributed by atoms with Gasteiger partial charge in [0.25, 0.3) is 0 Å². The summed E-state index contributed by atoms with van der Waals surface area (Å²) in [5, 5.41) is 19.1. The zero-order valence-corrected chi connectivity index (χ0v) is 8.57. The van der Waals surface area contributed by atoms with Gasteiger partial charge in [-0.25, -0.2) is 0 Å². The SMILES string of the molecule is Cc1ccc(C)c(/C=C(\C#N)C(=O)[O-])c1. The van der Waals surface area contributed by atoms with Crippen LogP contribution < -0.4 is 5.11 Å². The van der Waals surface area contributed by atoms with Crippen molar-refractivity contribution in [3.05, 3.63) is 40.5 Å². The third-order valence-electron chi connectivity index (χ3n) is 2.07. The second kappa shape index (κ2) is 4.43. The van der Waals surface area contributed by atoms with Gasteiger partial charge in [0.2, 0.25) is 0 Å². The number of carboxylic acids is 1. The first-order chi connectivity index (χ1) is 7.04. The zero-order valence-electron chi connectivity index (χ0n) is 8.57. The molecule has 0 unspecified atom stereocenters. The predicted molar refractivity (Wildman–Crippen MR) is 54.5 cm³/mol. The lowest BCUT2D eigenvalue weighted by Crippen LogP contribution is -2.23. The highest BCUT2D eigenvalue weighted by Crippen LogP contribution is 2.14. The molecule has 0 fully saturated rings. The van der Waals surface area contributed by atoms with Crippen molar-refractivity contribution < 1.29 is 9.90 Å². The van der Waals surface area contributed by atoms with E-state index in [1.807, 2.05) is 32.0 Å². The molecule has 0 saturated heterocycles. The number of aliphatic carboxylic acids is 1. The van der Waals surface area contributed by atoms with Crippen LogP contribution in [0.15, 0.2) is 23.8 Å². The van der Waals surface area contributed by atoms with E-state index in [0.29, 0.717) is 0 Å². The van der Waals surface area contributed by atoms with E-state index in [0.717, 1.165) is 16.7 Å². The minimum atomic E-state index is -1.45. The van der Waals surface area contributed by atoms with Gasteiger partial charge >= 0.3 is 0 Å². The Morgan fingerprint density at radius 2 is 2.13 bits per heavy atom. The molecular weight excluding hydrogens is 190 g/mol. The molecule has 76 valence electrons.